The van der Waals surface area contributed by atoms with Crippen molar-refractivity contribution in [3.63, 3.8) is 0 Å². The van der Waals surface area contributed by atoms with Crippen LogP contribution in [-0.4, -0.2) is 42.5 Å². The van der Waals surface area contributed by atoms with Gasteiger partial charge in [0.2, 0.25) is 5.88 Å². The van der Waals surface area contributed by atoms with Crippen molar-refractivity contribution in [2.24, 2.45) is 5.92 Å². The van der Waals surface area contributed by atoms with Gasteiger partial charge >= 0.3 is 12.0 Å². The molecule has 0 saturated heterocycles. The van der Waals surface area contributed by atoms with Crippen LogP contribution in [0.5, 0.6) is 11.9 Å². The number of rotatable bonds is 8. The Morgan fingerprint density at radius 3 is 2.54 bits per heavy atom. The molecule has 0 amide bonds. The van der Waals surface area contributed by atoms with E-state index in [1.54, 1.807) is 6.92 Å². The Bertz CT molecular complexity index is 646. The summed E-state index contributed by atoms with van der Waals surface area (Å²) in [5.41, 5.74) is 0.968. The Morgan fingerprint density at radius 2 is 2.04 bits per heavy atom. The summed E-state index contributed by atoms with van der Waals surface area (Å²) in [6, 6.07) is 0.182. The predicted molar refractivity (Wildman–Crippen MR) is 99.0 cm³/mol. The zero-order valence-electron chi connectivity index (χ0n) is 14.3. The molecule has 0 radical (unpaired) electrons. The van der Waals surface area contributed by atoms with E-state index in [4.69, 9.17) is 19.6 Å². The highest BCUT2D eigenvalue weighted by atomic mass is 127. The van der Waals surface area contributed by atoms with Crippen LogP contribution in [0, 0.1) is 11.3 Å². The summed E-state index contributed by atoms with van der Waals surface area (Å²) in [5.74, 6) is -0.356. The number of nitrogens with one attached hydrogen (secondary N) is 2. The van der Waals surface area contributed by atoms with E-state index in [0.29, 0.717) is 20.8 Å². The molecule has 2 N–H and O–H groups in total. The molecule has 0 atom stereocenters. The van der Waals surface area contributed by atoms with E-state index >= 15 is 0 Å². The lowest BCUT2D eigenvalue weighted by Crippen LogP contribution is -2.21. The Kier molecular flexibility index (Phi) is 7.89. The lowest BCUT2D eigenvalue weighted by molar-refractivity contribution is -0.135. The summed E-state index contributed by atoms with van der Waals surface area (Å²) in [6.45, 7) is 5.80. The molecule has 8 nitrogen and oxygen atoms in total. The molecule has 0 aliphatic carbocycles. The minimum Gasteiger partial charge on any atom is -0.479 e. The van der Waals surface area contributed by atoms with Crippen LogP contribution >= 0.6 is 22.6 Å². The van der Waals surface area contributed by atoms with E-state index in [1.165, 1.54) is 20.4 Å². The second-order valence-corrected chi connectivity index (χ2v) is 5.96. The van der Waals surface area contributed by atoms with Crippen molar-refractivity contribution >= 4 is 40.0 Å². The Balaban J connectivity index is 3.21. The molecule has 24 heavy (non-hydrogen) atoms. The van der Waals surface area contributed by atoms with Gasteiger partial charge in [-0.15, -0.1) is 0 Å². The minimum atomic E-state index is -0.667. The molecular formula is C15H21IN4O4. The molecule has 0 aromatic carbocycles. The molecule has 1 rings (SSSR count). The van der Waals surface area contributed by atoms with Crippen LogP contribution in [0.3, 0.4) is 0 Å². The fourth-order valence-corrected chi connectivity index (χ4v) is 2.69. The number of aromatic nitrogens is 2. The van der Waals surface area contributed by atoms with Crippen molar-refractivity contribution in [3.8, 4) is 11.9 Å². The lowest BCUT2D eigenvalue weighted by atomic mass is 10.1. The van der Waals surface area contributed by atoms with Crippen LogP contribution in [-0.2, 0) is 9.53 Å². The average molecular weight is 448 g/mol. The van der Waals surface area contributed by atoms with Gasteiger partial charge in [-0.1, -0.05) is 13.8 Å². The monoisotopic (exact) mass is 448 g/mol. The average Bonchev–Trinajstić information content (AvgIpc) is 2.58. The third-order valence-corrected chi connectivity index (χ3v) is 4.01. The van der Waals surface area contributed by atoms with Crippen LogP contribution < -0.4 is 14.8 Å². The highest BCUT2D eigenvalue weighted by molar-refractivity contribution is 14.1. The number of anilines is 1. The van der Waals surface area contributed by atoms with Gasteiger partial charge in [0.15, 0.2) is 5.71 Å². The highest BCUT2D eigenvalue weighted by Crippen LogP contribution is 2.29. The Hall–Kier alpha value is -1.91. The summed E-state index contributed by atoms with van der Waals surface area (Å²) in [4.78, 5) is 19.9. The number of halogens is 1. The number of ether oxygens (including phenoxy) is 3. The normalized spacial score (nSPS) is 11.6. The molecule has 0 saturated carbocycles. The van der Waals surface area contributed by atoms with Gasteiger partial charge in [0.05, 0.1) is 30.6 Å². The van der Waals surface area contributed by atoms with E-state index in [1.807, 2.05) is 36.4 Å². The third kappa shape index (κ3) is 5.05. The van der Waals surface area contributed by atoms with Crippen molar-refractivity contribution in [1.82, 2.24) is 9.97 Å². The molecule has 1 heterocycles. The van der Waals surface area contributed by atoms with Gasteiger partial charge in [-0.3, -0.25) is 5.41 Å². The molecule has 0 aliphatic rings. The first-order chi connectivity index (χ1) is 11.3. The molecule has 132 valence electrons. The van der Waals surface area contributed by atoms with Crippen molar-refractivity contribution in [3.05, 3.63) is 15.5 Å². The maximum atomic E-state index is 11.8. The Morgan fingerprint density at radius 1 is 1.38 bits per heavy atom. The maximum Gasteiger partial charge on any atom is 0.357 e. The third-order valence-electron chi connectivity index (χ3n) is 2.89. The molecule has 9 heteroatoms. The van der Waals surface area contributed by atoms with Gasteiger partial charge in [0.25, 0.3) is 0 Å². The number of carbonyl (C=O) groups is 1. The molecule has 0 aliphatic heterocycles. The SMILES string of the molecule is CCOC(=O)C(=N)/C(I)=C(\Nc1cnc(OC)nc1OC)C(C)C. The first-order valence-electron chi connectivity index (χ1n) is 7.23. The van der Waals surface area contributed by atoms with E-state index in [2.05, 4.69) is 15.3 Å². The summed E-state index contributed by atoms with van der Waals surface area (Å²) in [7, 11) is 2.95. The van der Waals surface area contributed by atoms with Crippen LogP contribution in [0.4, 0.5) is 5.69 Å². The van der Waals surface area contributed by atoms with Gasteiger partial charge < -0.3 is 19.5 Å². The quantitative estimate of drug-likeness (QED) is 0.358. The van der Waals surface area contributed by atoms with E-state index < -0.39 is 5.97 Å². The minimum absolute atomic E-state index is 0.0125. The summed E-state index contributed by atoms with van der Waals surface area (Å²) < 4.78 is 15.5. The molecule has 1 aromatic heterocycles. The zero-order chi connectivity index (χ0) is 18.3. The van der Waals surface area contributed by atoms with Crippen molar-refractivity contribution in [2.45, 2.75) is 20.8 Å². The molecule has 1 aromatic rings. The smallest absolute Gasteiger partial charge is 0.357 e. The van der Waals surface area contributed by atoms with Crippen molar-refractivity contribution in [2.75, 3.05) is 26.1 Å². The van der Waals surface area contributed by atoms with E-state index in [-0.39, 0.29) is 24.2 Å². The fourth-order valence-electron chi connectivity index (χ4n) is 1.72. The van der Waals surface area contributed by atoms with Crippen molar-refractivity contribution < 1.29 is 19.0 Å². The summed E-state index contributed by atoms with van der Waals surface area (Å²) in [6.07, 6.45) is 1.52. The van der Waals surface area contributed by atoms with Crippen LogP contribution in [0.25, 0.3) is 0 Å². The number of nitrogens with zero attached hydrogens (tertiary/aromatic N) is 2. The summed E-state index contributed by atoms with van der Waals surface area (Å²) in [5, 5.41) is 11.1. The molecule has 0 spiro atoms. The fraction of sp³-hybridized carbons (Fsp3) is 0.467. The van der Waals surface area contributed by atoms with Crippen LogP contribution in [0.1, 0.15) is 20.8 Å². The topological polar surface area (TPSA) is 106 Å². The van der Waals surface area contributed by atoms with Crippen LogP contribution in [0.15, 0.2) is 15.5 Å². The van der Waals surface area contributed by atoms with Crippen LogP contribution in [0.2, 0.25) is 0 Å². The number of methoxy groups -OCH3 is 2. The lowest BCUT2D eigenvalue weighted by Gasteiger charge is -2.18. The molecule has 0 unspecified atom stereocenters. The van der Waals surface area contributed by atoms with Gasteiger partial charge in [-0.05, 0) is 35.4 Å². The maximum absolute atomic E-state index is 11.8. The van der Waals surface area contributed by atoms with E-state index in [0.717, 1.165) is 0 Å². The number of hydrogen-bond acceptors (Lipinski definition) is 8. The second kappa shape index (κ2) is 9.40. The van der Waals surface area contributed by atoms with Crippen molar-refractivity contribution in [1.29, 1.82) is 5.41 Å². The number of carbonyl (C=O) groups excluding carboxylic acids is 1. The van der Waals surface area contributed by atoms with Gasteiger partial charge in [-0.25, -0.2) is 9.78 Å². The second-order valence-electron chi connectivity index (χ2n) is 4.88. The summed E-state index contributed by atoms with van der Waals surface area (Å²) >= 11 is 1.95. The molecule has 0 fully saturated rings. The van der Waals surface area contributed by atoms with Gasteiger partial charge in [-0.2, -0.15) is 4.98 Å². The number of allylic oxidation sites excluding steroid dienone is 1. The molecular weight excluding hydrogens is 427 g/mol. The number of hydrogen-bond donors (Lipinski definition) is 2. The van der Waals surface area contributed by atoms with Gasteiger partial charge in [0.1, 0.15) is 5.69 Å². The Labute approximate surface area is 154 Å². The zero-order valence-corrected chi connectivity index (χ0v) is 16.4. The molecule has 0 bridgehead atoms. The van der Waals surface area contributed by atoms with Gasteiger partial charge in [0, 0.05) is 5.70 Å². The van der Waals surface area contributed by atoms with E-state index in [9.17, 15) is 4.79 Å². The predicted octanol–water partition coefficient (Wildman–Crippen LogP) is 2.79. The highest BCUT2D eigenvalue weighted by Gasteiger charge is 2.21. The number of esters is 1. The largest absolute Gasteiger partial charge is 0.479 e. The standard InChI is InChI=1S/C15H21IN4O4/c1-6-24-14(21)11(17)10(16)12(8(2)3)19-9-7-18-15(23-5)20-13(9)22-4/h7-8,17,19H,6H2,1-5H3/b12-10+,17-11?. The first-order valence-corrected chi connectivity index (χ1v) is 8.31. The first kappa shape index (κ1) is 20.1.